The van der Waals surface area contributed by atoms with Gasteiger partial charge in [-0.1, -0.05) is 72.8 Å². The fourth-order valence-electron chi connectivity index (χ4n) is 4.85. The summed E-state index contributed by atoms with van der Waals surface area (Å²) in [4.78, 5) is 15.4. The summed E-state index contributed by atoms with van der Waals surface area (Å²) in [7, 11) is 0. The number of piperidine rings is 1. The highest BCUT2D eigenvalue weighted by Crippen LogP contribution is 2.23. The summed E-state index contributed by atoms with van der Waals surface area (Å²) < 4.78 is 0. The van der Waals surface area contributed by atoms with Crippen molar-refractivity contribution in [3.05, 3.63) is 107 Å². The molecule has 1 fully saturated rings. The van der Waals surface area contributed by atoms with Crippen LogP contribution in [0.2, 0.25) is 0 Å². The predicted molar refractivity (Wildman–Crippen MR) is 136 cm³/mol. The first-order valence-electron chi connectivity index (χ1n) is 12.2. The molecule has 1 N–H and O–H groups in total. The van der Waals surface area contributed by atoms with Gasteiger partial charge in [0.15, 0.2) is 0 Å². The van der Waals surface area contributed by atoms with E-state index in [4.69, 9.17) is 0 Å². The molecule has 0 radical (unpaired) electrons. The smallest absolute Gasteiger partial charge is 0.251 e. The number of carbonyl (C=O) groups excluding carboxylic acids is 1. The van der Waals surface area contributed by atoms with Crippen LogP contribution in [0, 0.1) is 5.92 Å². The maximum atomic E-state index is 12.8. The first-order valence-corrected chi connectivity index (χ1v) is 12.2. The second kappa shape index (κ2) is 10.8. The van der Waals surface area contributed by atoms with Gasteiger partial charge in [-0.3, -0.25) is 9.69 Å². The molecular weight excluding hydrogens is 404 g/mol. The fraction of sp³-hybridized carbons (Fsp3) is 0.367. The van der Waals surface area contributed by atoms with E-state index in [0.717, 1.165) is 37.5 Å². The van der Waals surface area contributed by atoms with E-state index in [1.807, 2.05) is 30.3 Å². The molecule has 0 bridgehead atoms. The molecule has 3 nitrogen and oxygen atoms in total. The van der Waals surface area contributed by atoms with Crippen LogP contribution in [0.25, 0.3) is 0 Å². The Morgan fingerprint density at radius 3 is 2.00 bits per heavy atom. The molecule has 1 amide bonds. The van der Waals surface area contributed by atoms with E-state index < -0.39 is 0 Å². The number of amides is 1. The average Bonchev–Trinajstić information content (AvgIpc) is 2.81. The molecule has 1 saturated heterocycles. The van der Waals surface area contributed by atoms with Gasteiger partial charge in [-0.25, -0.2) is 0 Å². The maximum absolute atomic E-state index is 12.8. The van der Waals surface area contributed by atoms with Gasteiger partial charge >= 0.3 is 0 Å². The molecule has 1 heterocycles. The van der Waals surface area contributed by atoms with Crippen molar-refractivity contribution in [1.29, 1.82) is 0 Å². The SMILES string of the molecule is CC(C)(Cc1ccccc1)NC(=O)c1ccc(CN2CCC(Cc3ccccc3)CC2)cc1. The Hall–Kier alpha value is -2.91. The number of nitrogens with zero attached hydrogens (tertiary/aromatic N) is 1. The number of rotatable bonds is 8. The van der Waals surface area contributed by atoms with E-state index in [-0.39, 0.29) is 11.4 Å². The molecule has 0 spiro atoms. The van der Waals surface area contributed by atoms with Gasteiger partial charge in [0.05, 0.1) is 0 Å². The highest BCUT2D eigenvalue weighted by atomic mass is 16.1. The number of likely N-dealkylation sites (tertiary alicyclic amines) is 1. The number of benzene rings is 3. The fourth-order valence-corrected chi connectivity index (χ4v) is 4.85. The van der Waals surface area contributed by atoms with Crippen LogP contribution in [0.5, 0.6) is 0 Å². The highest BCUT2D eigenvalue weighted by Gasteiger charge is 2.22. The number of nitrogens with one attached hydrogen (secondary N) is 1. The maximum Gasteiger partial charge on any atom is 0.251 e. The van der Waals surface area contributed by atoms with E-state index in [0.29, 0.717) is 0 Å². The Balaban J connectivity index is 1.25. The third-order valence-corrected chi connectivity index (χ3v) is 6.64. The normalized spacial score (nSPS) is 15.3. The summed E-state index contributed by atoms with van der Waals surface area (Å²) in [6.45, 7) is 7.40. The molecule has 172 valence electrons. The van der Waals surface area contributed by atoms with Crippen LogP contribution in [0.15, 0.2) is 84.9 Å². The van der Waals surface area contributed by atoms with Gasteiger partial charge in [0.2, 0.25) is 0 Å². The Morgan fingerprint density at radius 1 is 0.818 bits per heavy atom. The van der Waals surface area contributed by atoms with E-state index in [1.54, 1.807) is 0 Å². The Morgan fingerprint density at radius 2 is 1.39 bits per heavy atom. The topological polar surface area (TPSA) is 32.3 Å². The molecule has 0 unspecified atom stereocenters. The molecule has 4 rings (SSSR count). The summed E-state index contributed by atoms with van der Waals surface area (Å²) >= 11 is 0. The van der Waals surface area contributed by atoms with Crippen LogP contribution >= 0.6 is 0 Å². The summed E-state index contributed by atoms with van der Waals surface area (Å²) in [5.74, 6) is 0.776. The minimum absolute atomic E-state index is 0.00999. The lowest BCUT2D eigenvalue weighted by Gasteiger charge is -2.32. The van der Waals surface area contributed by atoms with Crippen molar-refractivity contribution >= 4 is 5.91 Å². The van der Waals surface area contributed by atoms with Crippen molar-refractivity contribution in [3.8, 4) is 0 Å². The number of hydrogen-bond acceptors (Lipinski definition) is 2. The van der Waals surface area contributed by atoms with E-state index >= 15 is 0 Å². The van der Waals surface area contributed by atoms with Gasteiger partial charge in [-0.15, -0.1) is 0 Å². The standard InChI is InChI=1S/C30H36N2O/c1-30(2,22-26-11-7-4-8-12-26)31-29(33)28-15-13-27(14-16-28)23-32-19-17-25(18-20-32)21-24-9-5-3-6-10-24/h3-16,25H,17-23H2,1-2H3,(H,31,33). The molecule has 0 aliphatic carbocycles. The largest absolute Gasteiger partial charge is 0.347 e. The van der Waals surface area contributed by atoms with Crippen LogP contribution in [0.3, 0.4) is 0 Å². The van der Waals surface area contributed by atoms with Crippen molar-refractivity contribution in [2.24, 2.45) is 5.92 Å². The molecule has 3 heteroatoms. The van der Waals surface area contributed by atoms with Gasteiger partial charge in [0.25, 0.3) is 5.91 Å². The van der Waals surface area contributed by atoms with E-state index in [9.17, 15) is 4.79 Å². The first kappa shape index (κ1) is 23.3. The van der Waals surface area contributed by atoms with Crippen molar-refractivity contribution in [3.63, 3.8) is 0 Å². The van der Waals surface area contributed by atoms with E-state index in [2.05, 4.69) is 78.7 Å². The zero-order valence-electron chi connectivity index (χ0n) is 20.0. The summed E-state index contributed by atoms with van der Waals surface area (Å²) in [6.07, 6.45) is 4.51. The van der Waals surface area contributed by atoms with Crippen LogP contribution in [0.1, 0.15) is 53.7 Å². The van der Waals surface area contributed by atoms with Gasteiger partial charge < -0.3 is 5.32 Å². The van der Waals surface area contributed by atoms with Gasteiger partial charge in [-0.05, 0) is 87.4 Å². The molecule has 33 heavy (non-hydrogen) atoms. The van der Waals surface area contributed by atoms with Crippen LogP contribution < -0.4 is 5.32 Å². The van der Waals surface area contributed by atoms with Gasteiger partial charge in [0.1, 0.15) is 0 Å². The minimum atomic E-state index is -0.304. The van der Waals surface area contributed by atoms with Crippen LogP contribution in [0.4, 0.5) is 0 Å². The van der Waals surface area contributed by atoms with E-state index in [1.165, 1.54) is 36.0 Å². The van der Waals surface area contributed by atoms with Crippen molar-refractivity contribution in [2.75, 3.05) is 13.1 Å². The molecule has 3 aromatic rings. The van der Waals surface area contributed by atoms with Crippen LogP contribution in [-0.2, 0) is 19.4 Å². The lowest BCUT2D eigenvalue weighted by Crippen LogP contribution is -2.45. The van der Waals surface area contributed by atoms with Gasteiger partial charge in [0, 0.05) is 17.6 Å². The molecule has 0 atom stereocenters. The number of hydrogen-bond donors (Lipinski definition) is 1. The van der Waals surface area contributed by atoms with Crippen LogP contribution in [-0.4, -0.2) is 29.4 Å². The zero-order valence-corrected chi connectivity index (χ0v) is 20.0. The first-order chi connectivity index (χ1) is 16.0. The lowest BCUT2D eigenvalue weighted by atomic mass is 9.90. The molecule has 0 aromatic heterocycles. The second-order valence-electron chi connectivity index (χ2n) is 10.1. The van der Waals surface area contributed by atoms with Gasteiger partial charge in [-0.2, -0.15) is 0 Å². The number of carbonyl (C=O) groups is 1. The lowest BCUT2D eigenvalue weighted by molar-refractivity contribution is 0.0913. The monoisotopic (exact) mass is 440 g/mol. The molecule has 1 aliphatic heterocycles. The Bertz CT molecular complexity index is 1000. The predicted octanol–water partition coefficient (Wildman–Crippen LogP) is 5.89. The molecule has 1 aliphatic rings. The zero-order chi connectivity index (χ0) is 23.1. The third kappa shape index (κ3) is 7.03. The Labute approximate surface area is 198 Å². The average molecular weight is 441 g/mol. The van der Waals surface area contributed by atoms with Crippen molar-refractivity contribution < 1.29 is 4.79 Å². The van der Waals surface area contributed by atoms with Crippen molar-refractivity contribution in [2.45, 2.75) is 51.6 Å². The quantitative estimate of drug-likeness (QED) is 0.473. The minimum Gasteiger partial charge on any atom is -0.347 e. The summed E-state index contributed by atoms with van der Waals surface area (Å²) in [6, 6.07) is 29.3. The summed E-state index contributed by atoms with van der Waals surface area (Å²) in [5.41, 5.74) is 4.38. The summed E-state index contributed by atoms with van der Waals surface area (Å²) in [5, 5.41) is 3.20. The molecule has 3 aromatic carbocycles. The third-order valence-electron chi connectivity index (χ3n) is 6.64. The highest BCUT2D eigenvalue weighted by molar-refractivity contribution is 5.94. The Kier molecular flexibility index (Phi) is 7.61. The van der Waals surface area contributed by atoms with Crippen molar-refractivity contribution in [1.82, 2.24) is 10.2 Å². The molecular formula is C30H36N2O. The second-order valence-corrected chi connectivity index (χ2v) is 10.1. The molecule has 0 saturated carbocycles.